The van der Waals surface area contributed by atoms with Gasteiger partial charge in [-0.2, -0.15) is 0 Å². The predicted molar refractivity (Wildman–Crippen MR) is 70.3 cm³/mol. The highest BCUT2D eigenvalue weighted by atomic mass is 32.1. The number of likely N-dealkylation sites (N-methyl/N-ethyl adjacent to an activating group) is 1. The molecular formula is C12H19N3O2S. The molecule has 1 aromatic heterocycles. The van der Waals surface area contributed by atoms with Crippen LogP contribution in [0.25, 0.3) is 0 Å². The third kappa shape index (κ3) is 2.71. The van der Waals surface area contributed by atoms with Gasteiger partial charge >= 0.3 is 0 Å². The number of nitrogens with zero attached hydrogens (tertiary/aromatic N) is 2. The number of methoxy groups -OCH3 is 1. The summed E-state index contributed by atoms with van der Waals surface area (Å²) in [6.45, 7) is 1.02. The SMILES string of the molecule is COCc1nc(CNC(=O)C2(N(C)C)CC2)cs1. The Morgan fingerprint density at radius 2 is 2.33 bits per heavy atom. The second kappa shape index (κ2) is 5.34. The molecule has 0 radical (unpaired) electrons. The van der Waals surface area contributed by atoms with E-state index in [2.05, 4.69) is 10.3 Å². The summed E-state index contributed by atoms with van der Waals surface area (Å²) in [4.78, 5) is 18.5. The van der Waals surface area contributed by atoms with E-state index in [0.717, 1.165) is 23.5 Å². The molecule has 1 fully saturated rings. The number of thiazole rings is 1. The summed E-state index contributed by atoms with van der Waals surface area (Å²) in [5, 5.41) is 5.86. The lowest BCUT2D eigenvalue weighted by Crippen LogP contribution is -2.45. The summed E-state index contributed by atoms with van der Waals surface area (Å²) in [7, 11) is 5.55. The molecule has 0 bridgehead atoms. The Kier molecular flexibility index (Phi) is 3.99. The molecule has 0 atom stereocenters. The van der Waals surface area contributed by atoms with Crippen molar-refractivity contribution in [3.8, 4) is 0 Å². The van der Waals surface area contributed by atoms with Gasteiger partial charge in [0.05, 0.1) is 24.4 Å². The molecule has 1 saturated carbocycles. The van der Waals surface area contributed by atoms with Crippen molar-refractivity contribution in [3.63, 3.8) is 0 Å². The zero-order chi connectivity index (χ0) is 13.2. The molecule has 0 unspecified atom stereocenters. The normalized spacial score (nSPS) is 16.9. The van der Waals surface area contributed by atoms with Crippen LogP contribution in [0.15, 0.2) is 5.38 Å². The van der Waals surface area contributed by atoms with Crippen molar-refractivity contribution >= 4 is 17.2 Å². The van der Waals surface area contributed by atoms with E-state index in [-0.39, 0.29) is 11.4 Å². The quantitative estimate of drug-likeness (QED) is 0.837. The molecule has 0 saturated heterocycles. The lowest BCUT2D eigenvalue weighted by molar-refractivity contribution is -0.127. The van der Waals surface area contributed by atoms with Crippen molar-refractivity contribution < 1.29 is 9.53 Å². The summed E-state index contributed by atoms with van der Waals surface area (Å²) >= 11 is 1.56. The minimum atomic E-state index is -0.272. The number of nitrogens with one attached hydrogen (secondary N) is 1. The number of amides is 1. The molecule has 1 aliphatic carbocycles. The molecule has 1 aromatic rings. The summed E-state index contributed by atoms with van der Waals surface area (Å²) in [5.74, 6) is 0.105. The predicted octanol–water partition coefficient (Wildman–Crippen LogP) is 1.000. The van der Waals surface area contributed by atoms with Gasteiger partial charge in [-0.15, -0.1) is 11.3 Å². The second-order valence-corrected chi connectivity index (χ2v) is 5.72. The fraction of sp³-hybridized carbons (Fsp3) is 0.667. The number of carbonyl (C=O) groups is 1. The number of ether oxygens (including phenoxy) is 1. The van der Waals surface area contributed by atoms with Crippen LogP contribution in [0.4, 0.5) is 0 Å². The Morgan fingerprint density at radius 3 is 2.89 bits per heavy atom. The van der Waals surface area contributed by atoms with E-state index in [1.807, 2.05) is 24.4 Å². The zero-order valence-corrected chi connectivity index (χ0v) is 11.8. The average molecular weight is 269 g/mol. The lowest BCUT2D eigenvalue weighted by atomic mass is 10.2. The first-order valence-electron chi connectivity index (χ1n) is 5.96. The second-order valence-electron chi connectivity index (χ2n) is 4.77. The molecule has 1 amide bonds. The molecule has 1 N–H and O–H groups in total. The van der Waals surface area contributed by atoms with Crippen LogP contribution in [0.5, 0.6) is 0 Å². The molecule has 1 heterocycles. The lowest BCUT2D eigenvalue weighted by Gasteiger charge is -2.22. The number of aromatic nitrogens is 1. The Balaban J connectivity index is 1.86. The molecule has 1 aliphatic rings. The monoisotopic (exact) mass is 269 g/mol. The van der Waals surface area contributed by atoms with Gasteiger partial charge in [0.15, 0.2) is 0 Å². The standard InChI is InChI=1S/C12H19N3O2S/c1-15(2)12(4-5-12)11(16)13-6-9-8-18-10(14-9)7-17-3/h8H,4-7H2,1-3H3,(H,13,16). The van der Waals surface area contributed by atoms with Crippen LogP contribution in [-0.2, 0) is 22.7 Å². The molecular weight excluding hydrogens is 250 g/mol. The van der Waals surface area contributed by atoms with E-state index in [0.29, 0.717) is 13.2 Å². The number of carbonyl (C=O) groups excluding carboxylic acids is 1. The fourth-order valence-corrected chi connectivity index (χ4v) is 2.71. The van der Waals surface area contributed by atoms with Crippen molar-refractivity contribution in [2.24, 2.45) is 0 Å². The molecule has 6 heteroatoms. The first-order valence-corrected chi connectivity index (χ1v) is 6.84. The third-order valence-electron chi connectivity index (χ3n) is 3.30. The van der Waals surface area contributed by atoms with E-state index < -0.39 is 0 Å². The molecule has 5 nitrogen and oxygen atoms in total. The largest absolute Gasteiger partial charge is 0.378 e. The van der Waals surface area contributed by atoms with Crippen molar-refractivity contribution in [1.82, 2.24) is 15.2 Å². The molecule has 0 aromatic carbocycles. The van der Waals surface area contributed by atoms with Crippen LogP contribution in [0, 0.1) is 0 Å². The van der Waals surface area contributed by atoms with Crippen LogP contribution >= 0.6 is 11.3 Å². The Hall–Kier alpha value is -0.980. The Bertz CT molecular complexity index is 427. The van der Waals surface area contributed by atoms with E-state index in [1.165, 1.54) is 0 Å². The van der Waals surface area contributed by atoms with Crippen LogP contribution < -0.4 is 5.32 Å². The molecule has 100 valence electrons. The van der Waals surface area contributed by atoms with E-state index in [9.17, 15) is 4.79 Å². The van der Waals surface area contributed by atoms with Crippen LogP contribution in [0.3, 0.4) is 0 Å². The maximum absolute atomic E-state index is 12.1. The summed E-state index contributed by atoms with van der Waals surface area (Å²) in [6, 6.07) is 0. The maximum atomic E-state index is 12.1. The number of hydrogen-bond acceptors (Lipinski definition) is 5. The third-order valence-corrected chi connectivity index (χ3v) is 4.17. The highest BCUT2D eigenvalue weighted by Gasteiger charge is 2.51. The van der Waals surface area contributed by atoms with Crippen LogP contribution in [0.2, 0.25) is 0 Å². The molecule has 0 aliphatic heterocycles. The highest BCUT2D eigenvalue weighted by Crippen LogP contribution is 2.40. The topological polar surface area (TPSA) is 54.5 Å². The minimum absolute atomic E-state index is 0.105. The smallest absolute Gasteiger partial charge is 0.240 e. The van der Waals surface area contributed by atoms with Crippen molar-refractivity contribution in [1.29, 1.82) is 0 Å². The van der Waals surface area contributed by atoms with Gasteiger partial charge in [-0.25, -0.2) is 4.98 Å². The molecule has 18 heavy (non-hydrogen) atoms. The first-order chi connectivity index (χ1) is 8.58. The number of rotatable bonds is 6. The van der Waals surface area contributed by atoms with Gasteiger partial charge in [0, 0.05) is 12.5 Å². The van der Waals surface area contributed by atoms with Gasteiger partial charge in [0.2, 0.25) is 5.91 Å². The highest BCUT2D eigenvalue weighted by molar-refractivity contribution is 7.09. The average Bonchev–Trinajstić information content (AvgIpc) is 3.04. The minimum Gasteiger partial charge on any atom is -0.378 e. The summed E-state index contributed by atoms with van der Waals surface area (Å²) in [6.07, 6.45) is 1.88. The fourth-order valence-electron chi connectivity index (χ4n) is 1.95. The van der Waals surface area contributed by atoms with Gasteiger partial charge < -0.3 is 10.1 Å². The van der Waals surface area contributed by atoms with Gasteiger partial charge in [-0.3, -0.25) is 9.69 Å². The summed E-state index contributed by atoms with van der Waals surface area (Å²) in [5.41, 5.74) is 0.626. The van der Waals surface area contributed by atoms with Crippen LogP contribution in [-0.4, -0.2) is 42.5 Å². The summed E-state index contributed by atoms with van der Waals surface area (Å²) < 4.78 is 5.02. The van der Waals surface area contributed by atoms with Crippen LogP contribution in [0.1, 0.15) is 23.5 Å². The Labute approximate surface area is 111 Å². The van der Waals surface area contributed by atoms with E-state index in [1.54, 1.807) is 18.4 Å². The van der Waals surface area contributed by atoms with E-state index in [4.69, 9.17) is 4.74 Å². The van der Waals surface area contributed by atoms with Crippen molar-refractivity contribution in [2.45, 2.75) is 31.5 Å². The molecule has 0 spiro atoms. The number of hydrogen-bond donors (Lipinski definition) is 1. The molecule has 2 rings (SSSR count). The van der Waals surface area contributed by atoms with Gasteiger partial charge in [-0.1, -0.05) is 0 Å². The van der Waals surface area contributed by atoms with Gasteiger partial charge in [0.25, 0.3) is 0 Å². The Morgan fingerprint density at radius 1 is 1.61 bits per heavy atom. The van der Waals surface area contributed by atoms with Gasteiger partial charge in [-0.05, 0) is 26.9 Å². The van der Waals surface area contributed by atoms with Crippen molar-refractivity contribution in [3.05, 3.63) is 16.1 Å². The van der Waals surface area contributed by atoms with E-state index >= 15 is 0 Å². The first kappa shape index (κ1) is 13.5. The maximum Gasteiger partial charge on any atom is 0.240 e. The zero-order valence-electron chi connectivity index (χ0n) is 11.0. The van der Waals surface area contributed by atoms with Crippen molar-refractivity contribution in [2.75, 3.05) is 21.2 Å². The van der Waals surface area contributed by atoms with Gasteiger partial charge in [0.1, 0.15) is 5.01 Å².